The number of nitrogens with one attached hydrogen (secondary N) is 1. The van der Waals surface area contributed by atoms with Crippen LogP contribution in [-0.2, 0) is 11.2 Å². The highest BCUT2D eigenvalue weighted by atomic mass is 19.3. The van der Waals surface area contributed by atoms with E-state index in [0.717, 1.165) is 10.9 Å². The fraction of sp³-hybridized carbons (Fsp3) is 0.222. The van der Waals surface area contributed by atoms with Gasteiger partial charge in [-0.05, 0) is 36.8 Å². The molecule has 0 saturated carbocycles. The van der Waals surface area contributed by atoms with Crippen LogP contribution in [0.15, 0.2) is 53.1 Å². The van der Waals surface area contributed by atoms with Gasteiger partial charge in [0, 0.05) is 5.39 Å². The first kappa shape index (κ1) is 16.9. The number of rotatable bonds is 6. The van der Waals surface area contributed by atoms with Crippen LogP contribution in [0.1, 0.15) is 24.2 Å². The summed E-state index contributed by atoms with van der Waals surface area (Å²) in [5, 5.41) is 7.59. The summed E-state index contributed by atoms with van der Waals surface area (Å²) in [6.07, 6.45) is 0.0912. The van der Waals surface area contributed by atoms with E-state index in [0.29, 0.717) is 11.3 Å². The Kier molecular flexibility index (Phi) is 4.92. The average molecular weight is 346 g/mol. The Morgan fingerprint density at radius 1 is 1.20 bits per heavy atom. The Hall–Kier alpha value is -2.96. The quantitative estimate of drug-likeness (QED) is 0.736. The molecule has 1 unspecified atom stereocenters. The molecule has 2 aromatic carbocycles. The zero-order valence-corrected chi connectivity index (χ0v) is 13.4. The lowest BCUT2D eigenvalue weighted by atomic mass is 10.1. The van der Waals surface area contributed by atoms with Crippen LogP contribution in [0.5, 0.6) is 5.75 Å². The first-order chi connectivity index (χ1) is 12.0. The summed E-state index contributed by atoms with van der Waals surface area (Å²) in [7, 11) is 0. The van der Waals surface area contributed by atoms with E-state index in [2.05, 4.69) is 15.2 Å². The van der Waals surface area contributed by atoms with E-state index in [-0.39, 0.29) is 24.1 Å². The van der Waals surface area contributed by atoms with Crippen molar-refractivity contribution in [2.24, 2.45) is 0 Å². The number of amides is 1. The zero-order valence-electron chi connectivity index (χ0n) is 13.4. The van der Waals surface area contributed by atoms with Gasteiger partial charge >= 0.3 is 6.61 Å². The number of benzene rings is 2. The molecule has 1 N–H and O–H groups in total. The second-order valence-electron chi connectivity index (χ2n) is 5.54. The zero-order chi connectivity index (χ0) is 17.8. The number of ether oxygens (including phenoxy) is 1. The third-order valence-corrected chi connectivity index (χ3v) is 3.76. The molecule has 0 radical (unpaired) electrons. The van der Waals surface area contributed by atoms with Crippen LogP contribution in [0.3, 0.4) is 0 Å². The predicted molar refractivity (Wildman–Crippen MR) is 87.3 cm³/mol. The van der Waals surface area contributed by atoms with Gasteiger partial charge in [-0.2, -0.15) is 8.78 Å². The van der Waals surface area contributed by atoms with Crippen LogP contribution in [-0.4, -0.2) is 17.7 Å². The number of para-hydroxylation sites is 1. The minimum Gasteiger partial charge on any atom is -0.435 e. The molecule has 1 atom stereocenters. The molecule has 1 aromatic heterocycles. The Bertz CT molecular complexity index is 862. The van der Waals surface area contributed by atoms with E-state index in [1.807, 2.05) is 25.1 Å². The number of carbonyl (C=O) groups excluding carboxylic acids is 1. The molecule has 130 valence electrons. The van der Waals surface area contributed by atoms with Gasteiger partial charge in [0.15, 0.2) is 5.58 Å². The summed E-state index contributed by atoms with van der Waals surface area (Å²) in [6.45, 7) is -1.05. The highest BCUT2D eigenvalue weighted by Crippen LogP contribution is 2.20. The normalized spacial score (nSPS) is 12.3. The van der Waals surface area contributed by atoms with Crippen LogP contribution in [0.4, 0.5) is 8.78 Å². The van der Waals surface area contributed by atoms with Gasteiger partial charge in [0.1, 0.15) is 11.4 Å². The molecular weight excluding hydrogens is 330 g/mol. The van der Waals surface area contributed by atoms with Crippen molar-refractivity contribution in [1.82, 2.24) is 10.5 Å². The largest absolute Gasteiger partial charge is 0.435 e. The van der Waals surface area contributed by atoms with Crippen molar-refractivity contribution < 1.29 is 22.8 Å². The second kappa shape index (κ2) is 7.29. The number of carbonyl (C=O) groups is 1. The molecule has 3 aromatic rings. The van der Waals surface area contributed by atoms with E-state index in [9.17, 15) is 13.6 Å². The lowest BCUT2D eigenvalue weighted by Gasteiger charge is -2.14. The van der Waals surface area contributed by atoms with Crippen molar-refractivity contribution in [2.75, 3.05) is 0 Å². The van der Waals surface area contributed by atoms with Gasteiger partial charge in [-0.3, -0.25) is 4.79 Å². The molecule has 1 heterocycles. The number of fused-ring (bicyclic) bond motifs is 1. The predicted octanol–water partition coefficient (Wildman–Crippen LogP) is 3.85. The van der Waals surface area contributed by atoms with Crippen LogP contribution in [0.2, 0.25) is 0 Å². The molecule has 1 amide bonds. The molecule has 0 aliphatic carbocycles. The summed E-state index contributed by atoms with van der Waals surface area (Å²) < 4.78 is 33.8. The van der Waals surface area contributed by atoms with Gasteiger partial charge < -0.3 is 14.6 Å². The van der Waals surface area contributed by atoms with Gasteiger partial charge in [-0.1, -0.05) is 29.4 Å². The molecule has 0 aliphatic heterocycles. The monoisotopic (exact) mass is 346 g/mol. The molecule has 0 bridgehead atoms. The number of aromatic nitrogens is 1. The minimum atomic E-state index is -2.86. The topological polar surface area (TPSA) is 64.4 Å². The average Bonchev–Trinajstić information content (AvgIpc) is 2.98. The highest BCUT2D eigenvalue weighted by Gasteiger charge is 2.15. The number of alkyl halides is 2. The van der Waals surface area contributed by atoms with Crippen molar-refractivity contribution in [2.45, 2.75) is 26.0 Å². The molecular formula is C18H16F2N2O3. The van der Waals surface area contributed by atoms with E-state index < -0.39 is 6.61 Å². The van der Waals surface area contributed by atoms with Crippen LogP contribution in [0.25, 0.3) is 11.0 Å². The number of hydrogen-bond acceptors (Lipinski definition) is 4. The van der Waals surface area contributed by atoms with Crippen molar-refractivity contribution in [3.8, 4) is 5.75 Å². The standard InChI is InChI=1S/C18H16F2N2O3/c1-11(12-6-8-13(9-7-12)24-18(19)20)21-17(23)10-15-14-4-2-3-5-16(14)25-22-15/h2-9,11,18H,10H2,1H3,(H,21,23). The third kappa shape index (κ3) is 4.12. The summed E-state index contributed by atoms with van der Waals surface area (Å²) in [6, 6.07) is 13.2. The first-order valence-corrected chi connectivity index (χ1v) is 7.70. The summed E-state index contributed by atoms with van der Waals surface area (Å²) in [5.41, 5.74) is 1.98. The van der Waals surface area contributed by atoms with Gasteiger partial charge in [0.05, 0.1) is 12.5 Å². The van der Waals surface area contributed by atoms with Gasteiger partial charge in [-0.15, -0.1) is 0 Å². The molecule has 3 rings (SSSR count). The van der Waals surface area contributed by atoms with Crippen LogP contribution >= 0.6 is 0 Å². The fourth-order valence-electron chi connectivity index (χ4n) is 2.53. The maximum atomic E-state index is 12.2. The minimum absolute atomic E-state index is 0.0753. The highest BCUT2D eigenvalue weighted by molar-refractivity contribution is 5.86. The van der Waals surface area contributed by atoms with E-state index in [4.69, 9.17) is 4.52 Å². The van der Waals surface area contributed by atoms with E-state index in [1.54, 1.807) is 18.2 Å². The van der Waals surface area contributed by atoms with Crippen LogP contribution in [0, 0.1) is 0 Å². The maximum Gasteiger partial charge on any atom is 0.387 e. The maximum absolute atomic E-state index is 12.2. The molecule has 0 spiro atoms. The third-order valence-electron chi connectivity index (χ3n) is 3.76. The molecule has 0 aliphatic rings. The van der Waals surface area contributed by atoms with Gasteiger partial charge in [0.2, 0.25) is 5.91 Å². The van der Waals surface area contributed by atoms with E-state index >= 15 is 0 Å². The Morgan fingerprint density at radius 3 is 2.64 bits per heavy atom. The van der Waals surface area contributed by atoms with Gasteiger partial charge in [-0.25, -0.2) is 0 Å². The molecule has 25 heavy (non-hydrogen) atoms. The fourth-order valence-corrected chi connectivity index (χ4v) is 2.53. The van der Waals surface area contributed by atoms with Crippen molar-refractivity contribution in [1.29, 1.82) is 0 Å². The van der Waals surface area contributed by atoms with Crippen molar-refractivity contribution >= 4 is 16.9 Å². The molecule has 5 nitrogen and oxygen atoms in total. The Morgan fingerprint density at radius 2 is 1.92 bits per heavy atom. The molecule has 7 heteroatoms. The van der Waals surface area contributed by atoms with Gasteiger partial charge in [0.25, 0.3) is 0 Å². The second-order valence-corrected chi connectivity index (χ2v) is 5.54. The summed E-state index contributed by atoms with van der Waals surface area (Å²) in [5.74, 6) is -0.134. The Labute approximate surface area is 142 Å². The Balaban J connectivity index is 1.62. The summed E-state index contributed by atoms with van der Waals surface area (Å²) in [4.78, 5) is 12.2. The molecule has 0 saturated heterocycles. The lowest BCUT2D eigenvalue weighted by molar-refractivity contribution is -0.121. The lowest BCUT2D eigenvalue weighted by Crippen LogP contribution is -2.28. The van der Waals surface area contributed by atoms with Crippen LogP contribution < -0.4 is 10.1 Å². The summed E-state index contributed by atoms with van der Waals surface area (Å²) >= 11 is 0. The van der Waals surface area contributed by atoms with Crippen molar-refractivity contribution in [3.63, 3.8) is 0 Å². The number of halogens is 2. The first-order valence-electron chi connectivity index (χ1n) is 7.70. The number of hydrogen-bond donors (Lipinski definition) is 1. The van der Waals surface area contributed by atoms with Crippen molar-refractivity contribution in [3.05, 3.63) is 59.8 Å². The SMILES string of the molecule is CC(NC(=O)Cc1noc2ccccc12)c1ccc(OC(F)F)cc1. The molecule has 0 fully saturated rings. The smallest absolute Gasteiger partial charge is 0.387 e. The number of nitrogens with zero attached hydrogens (tertiary/aromatic N) is 1. The van der Waals surface area contributed by atoms with E-state index in [1.165, 1.54) is 12.1 Å².